The summed E-state index contributed by atoms with van der Waals surface area (Å²) < 4.78 is 113. The summed E-state index contributed by atoms with van der Waals surface area (Å²) in [6.07, 6.45) is -5.84. The van der Waals surface area contributed by atoms with Crippen molar-refractivity contribution in [3.8, 4) is 11.5 Å². The quantitative estimate of drug-likeness (QED) is 0.127. The minimum atomic E-state index is -6.47. The van der Waals surface area contributed by atoms with Gasteiger partial charge in [0.05, 0.1) is 16.4 Å². The van der Waals surface area contributed by atoms with E-state index >= 15 is 0 Å². The summed E-state index contributed by atoms with van der Waals surface area (Å²) in [7, 11) is 0. The molecule has 0 saturated heterocycles. The van der Waals surface area contributed by atoms with Crippen molar-refractivity contribution in [2.45, 2.75) is 31.7 Å². The van der Waals surface area contributed by atoms with Gasteiger partial charge in [-0.2, -0.15) is 35.8 Å². The van der Waals surface area contributed by atoms with Gasteiger partial charge in [0.2, 0.25) is 0 Å². The van der Waals surface area contributed by atoms with Crippen LogP contribution in [0.2, 0.25) is 0 Å². The molecule has 0 aliphatic carbocycles. The molecule has 2 aromatic carbocycles. The zero-order valence-corrected chi connectivity index (χ0v) is 18.3. The molecule has 2 aromatic rings. The Balaban J connectivity index is 2.20. The van der Waals surface area contributed by atoms with Gasteiger partial charge in [-0.15, -0.1) is 0 Å². The molecule has 0 aliphatic rings. The SMILES string of the molecule is CCOc1cc(/C=N/NC(F)(F)C(F)(F)C(F)(F)F)cc(I)c1OCc1ccc(F)cc1. The van der Waals surface area contributed by atoms with E-state index in [0.29, 0.717) is 20.8 Å². The molecule has 4 nitrogen and oxygen atoms in total. The van der Waals surface area contributed by atoms with E-state index in [9.17, 15) is 35.1 Å². The molecule has 2 rings (SSSR count). The van der Waals surface area contributed by atoms with Crippen LogP contribution in [-0.2, 0) is 6.61 Å². The van der Waals surface area contributed by atoms with Crippen molar-refractivity contribution in [1.29, 1.82) is 0 Å². The molecule has 0 saturated carbocycles. The molecule has 0 aromatic heterocycles. The molecule has 0 unspecified atom stereocenters. The molecule has 0 fully saturated rings. The predicted molar refractivity (Wildman–Crippen MR) is 108 cm³/mol. The Kier molecular flexibility index (Phi) is 8.17. The summed E-state index contributed by atoms with van der Waals surface area (Å²) in [4.78, 5) is 0. The molecule has 13 heteroatoms. The lowest BCUT2D eigenvalue weighted by Gasteiger charge is -2.27. The molecule has 1 N–H and O–H groups in total. The average Bonchev–Trinajstić information content (AvgIpc) is 2.68. The number of alkyl halides is 7. The van der Waals surface area contributed by atoms with Crippen LogP contribution in [0.25, 0.3) is 0 Å². The van der Waals surface area contributed by atoms with Crippen LogP contribution in [-0.4, -0.2) is 31.0 Å². The largest absolute Gasteiger partial charge is 0.490 e. The zero-order chi connectivity index (χ0) is 24.2. The molecule has 0 aliphatic heterocycles. The van der Waals surface area contributed by atoms with Crippen LogP contribution in [0, 0.1) is 9.39 Å². The third kappa shape index (κ3) is 6.13. The van der Waals surface area contributed by atoms with E-state index in [4.69, 9.17) is 9.47 Å². The average molecular weight is 582 g/mol. The van der Waals surface area contributed by atoms with Gasteiger partial charge in [0.25, 0.3) is 0 Å². The topological polar surface area (TPSA) is 42.8 Å². The van der Waals surface area contributed by atoms with Crippen molar-refractivity contribution in [2.24, 2.45) is 5.10 Å². The van der Waals surface area contributed by atoms with Gasteiger partial charge < -0.3 is 9.47 Å². The van der Waals surface area contributed by atoms with Gasteiger partial charge in [0.1, 0.15) is 12.4 Å². The monoisotopic (exact) mass is 582 g/mol. The van der Waals surface area contributed by atoms with E-state index in [1.165, 1.54) is 36.4 Å². The highest BCUT2D eigenvalue weighted by atomic mass is 127. The molecular weight excluding hydrogens is 567 g/mol. The number of nitrogens with zero attached hydrogens (tertiary/aromatic N) is 1. The highest BCUT2D eigenvalue weighted by Gasteiger charge is 2.73. The normalized spacial score (nSPS) is 12.8. The standard InChI is InChI=1S/C19H15F8IN2O2/c1-2-31-15-8-12(9-29-30-19(26,27)17(21,22)18(23,24)25)7-14(28)16(15)32-10-11-3-5-13(20)6-4-11/h3-9,30H,2,10H2,1H3/b29-9+. The first-order valence-corrected chi connectivity index (χ1v) is 9.82. The number of benzene rings is 2. The summed E-state index contributed by atoms with van der Waals surface area (Å²) in [5, 5.41) is 2.83. The van der Waals surface area contributed by atoms with Crippen LogP contribution in [0.15, 0.2) is 41.5 Å². The fourth-order valence-electron chi connectivity index (χ4n) is 2.24. The van der Waals surface area contributed by atoms with Crippen LogP contribution in [0.4, 0.5) is 35.1 Å². The van der Waals surface area contributed by atoms with Gasteiger partial charge in [-0.1, -0.05) is 12.1 Å². The first-order valence-electron chi connectivity index (χ1n) is 8.74. The van der Waals surface area contributed by atoms with Crippen molar-refractivity contribution in [3.05, 3.63) is 56.9 Å². The van der Waals surface area contributed by atoms with Crippen LogP contribution in [0.5, 0.6) is 11.5 Å². The second kappa shape index (κ2) is 10.1. The number of hydrogen-bond acceptors (Lipinski definition) is 4. The van der Waals surface area contributed by atoms with Gasteiger partial charge in [-0.05, 0) is 64.9 Å². The van der Waals surface area contributed by atoms with Gasteiger partial charge in [-0.3, -0.25) is 0 Å². The summed E-state index contributed by atoms with van der Waals surface area (Å²) in [6, 6.07) is 2.47. The Hall–Kier alpha value is -2.32. The lowest BCUT2D eigenvalue weighted by atomic mass is 10.2. The van der Waals surface area contributed by atoms with E-state index in [0.717, 1.165) is 0 Å². The van der Waals surface area contributed by atoms with Gasteiger partial charge in [0, 0.05) is 0 Å². The molecule has 32 heavy (non-hydrogen) atoms. The first kappa shape index (κ1) is 25.9. The van der Waals surface area contributed by atoms with Crippen molar-refractivity contribution in [1.82, 2.24) is 5.43 Å². The Morgan fingerprint density at radius 2 is 1.62 bits per heavy atom. The molecule has 0 radical (unpaired) electrons. The number of hydrazone groups is 1. The van der Waals surface area contributed by atoms with Crippen molar-refractivity contribution in [3.63, 3.8) is 0 Å². The highest BCUT2D eigenvalue weighted by Crippen LogP contribution is 2.45. The number of halogens is 9. The second-order valence-corrected chi connectivity index (χ2v) is 7.36. The zero-order valence-electron chi connectivity index (χ0n) is 16.1. The fraction of sp³-hybridized carbons (Fsp3) is 0.316. The third-order valence-electron chi connectivity index (χ3n) is 3.80. The van der Waals surface area contributed by atoms with Gasteiger partial charge in [-0.25, -0.2) is 9.82 Å². The van der Waals surface area contributed by atoms with Crippen molar-refractivity contribution >= 4 is 28.8 Å². The number of hydrogen-bond donors (Lipinski definition) is 1. The van der Waals surface area contributed by atoms with E-state index in [2.05, 4.69) is 5.10 Å². The lowest BCUT2D eigenvalue weighted by molar-refractivity contribution is -0.361. The smallest absolute Gasteiger partial charge is 0.462 e. The van der Waals surface area contributed by atoms with Crippen molar-refractivity contribution in [2.75, 3.05) is 6.61 Å². The minimum Gasteiger partial charge on any atom is -0.490 e. The Morgan fingerprint density at radius 3 is 2.19 bits per heavy atom. The Morgan fingerprint density at radius 1 is 1.00 bits per heavy atom. The number of rotatable bonds is 9. The molecule has 176 valence electrons. The van der Waals surface area contributed by atoms with E-state index < -0.39 is 24.0 Å². The number of nitrogens with one attached hydrogen (secondary N) is 1. The molecule has 0 atom stereocenters. The molecule has 0 heterocycles. The lowest BCUT2D eigenvalue weighted by Crippen LogP contribution is -2.58. The number of ether oxygens (including phenoxy) is 2. The van der Waals surface area contributed by atoms with Gasteiger partial charge in [0.15, 0.2) is 11.5 Å². The van der Waals surface area contributed by atoms with Crippen LogP contribution < -0.4 is 14.9 Å². The van der Waals surface area contributed by atoms with E-state index in [1.54, 1.807) is 6.92 Å². The minimum absolute atomic E-state index is 0.0457. The Labute approximate surface area is 190 Å². The van der Waals surface area contributed by atoms with Crippen LogP contribution in [0.1, 0.15) is 18.1 Å². The van der Waals surface area contributed by atoms with Crippen molar-refractivity contribution < 1.29 is 44.6 Å². The fourth-order valence-corrected chi connectivity index (χ4v) is 3.02. The van der Waals surface area contributed by atoms with Gasteiger partial charge >= 0.3 is 18.1 Å². The van der Waals surface area contributed by atoms with E-state index in [1.807, 2.05) is 22.6 Å². The molecule has 0 bridgehead atoms. The summed E-state index contributed by atoms with van der Waals surface area (Å²) in [5.74, 6) is -6.35. The first-order chi connectivity index (χ1) is 14.8. The highest BCUT2D eigenvalue weighted by molar-refractivity contribution is 14.1. The summed E-state index contributed by atoms with van der Waals surface area (Å²) in [6.45, 7) is 1.88. The maximum atomic E-state index is 13.3. The van der Waals surface area contributed by atoms with E-state index in [-0.39, 0.29) is 30.3 Å². The maximum Gasteiger partial charge on any atom is 0.462 e. The van der Waals surface area contributed by atoms with Crippen LogP contribution >= 0.6 is 22.6 Å². The second-order valence-electron chi connectivity index (χ2n) is 6.19. The molecule has 0 amide bonds. The molecule has 0 spiro atoms. The third-order valence-corrected chi connectivity index (χ3v) is 4.60. The predicted octanol–water partition coefficient (Wildman–Crippen LogP) is 6.12. The Bertz CT molecular complexity index is 950. The summed E-state index contributed by atoms with van der Waals surface area (Å²) >= 11 is 1.83. The van der Waals surface area contributed by atoms with Crippen LogP contribution in [0.3, 0.4) is 0 Å². The molecular formula is C19H15F8IN2O2. The maximum absolute atomic E-state index is 13.3. The summed E-state index contributed by atoms with van der Waals surface area (Å²) in [5.41, 5.74) is 1.26.